The first-order valence-corrected chi connectivity index (χ1v) is 41.9. The van der Waals surface area contributed by atoms with E-state index in [-0.39, 0.29) is 18.9 Å². The lowest BCUT2D eigenvalue weighted by molar-refractivity contribution is -0.386. The Hall–Kier alpha value is -2.27. The Labute approximate surface area is 620 Å². The first-order valence-electron chi connectivity index (χ1n) is 41.9. The summed E-state index contributed by atoms with van der Waals surface area (Å²) >= 11 is 0. The largest absolute Gasteiger partial charge is 0.477 e. The molecule has 18 atom stereocenters. The minimum Gasteiger partial charge on any atom is -0.477 e. The van der Waals surface area contributed by atoms with Crippen molar-refractivity contribution in [3.8, 4) is 0 Å². The van der Waals surface area contributed by atoms with Crippen LogP contribution < -0.4 is 10.6 Å². The van der Waals surface area contributed by atoms with Gasteiger partial charge in [-0.25, -0.2) is 4.79 Å². The molecule has 3 rings (SSSR count). The number of carbonyl (C=O) groups excluding carboxylic acids is 2. The fourth-order valence-corrected chi connectivity index (χ4v) is 15.0. The van der Waals surface area contributed by atoms with Gasteiger partial charge in [0.25, 0.3) is 5.79 Å². The number of aliphatic carboxylic acids is 1. The van der Waals surface area contributed by atoms with Crippen molar-refractivity contribution in [1.29, 1.82) is 0 Å². The van der Waals surface area contributed by atoms with Crippen molar-refractivity contribution in [3.05, 3.63) is 0 Å². The van der Waals surface area contributed by atoms with Gasteiger partial charge in [0.15, 0.2) is 12.6 Å². The number of amides is 2. The Balaban J connectivity index is 1.46. The van der Waals surface area contributed by atoms with Crippen LogP contribution in [0.2, 0.25) is 0 Å². The minimum atomic E-state index is -3.08. The van der Waals surface area contributed by atoms with Crippen LogP contribution in [0.5, 0.6) is 0 Å². The first kappa shape index (κ1) is 94.9. The van der Waals surface area contributed by atoms with Gasteiger partial charge >= 0.3 is 5.97 Å². The molecule has 3 aliphatic rings. The highest BCUT2D eigenvalue weighted by atomic mass is 16.8. The van der Waals surface area contributed by atoms with Gasteiger partial charge in [-0.3, -0.25) is 9.59 Å². The van der Waals surface area contributed by atoms with Gasteiger partial charge in [0.1, 0.15) is 67.1 Å². The predicted octanol–water partition coefficient (Wildman–Crippen LogP) is 11.6. The van der Waals surface area contributed by atoms with Crippen LogP contribution in [0.15, 0.2) is 0 Å². The fraction of sp³-hybridized carbons (Fsp3) is 0.963. The molecule has 0 radical (unpaired) electrons. The summed E-state index contributed by atoms with van der Waals surface area (Å²) < 4.78 is 35.0. The number of unbranched alkanes of at least 4 members (excludes halogenated alkanes) is 47. The molecule has 18 unspecified atom stereocenters. The number of aliphatic hydroxyl groups excluding tert-OH is 11. The third-order valence-electron chi connectivity index (χ3n) is 21.6. The highest BCUT2D eigenvalue weighted by molar-refractivity contribution is 5.77. The quantitative estimate of drug-likeness (QED) is 0.0252. The molecule has 0 aliphatic carbocycles. The van der Waals surface area contributed by atoms with E-state index in [2.05, 4.69) is 24.5 Å². The van der Waals surface area contributed by atoms with Crippen LogP contribution >= 0.6 is 0 Å². The molecule has 3 saturated heterocycles. The minimum absolute atomic E-state index is 0.230. The summed E-state index contributed by atoms with van der Waals surface area (Å²) in [6, 6.07) is -2.53. The van der Waals surface area contributed by atoms with E-state index in [1.54, 1.807) is 0 Å². The SMILES string of the molecule is CCCCCCCCCCCCCCCCCCCCCCCCCCCCCCCCCC(=O)NC(COC1OC(CO)C(OC2OC(CO)C(O)C(OC3(C(=O)O)CC(O)C(NC(C)=O)C(C(O)C(O)CO)O3)C2O)C(O)C1O)C(O)CCCCCCCCCCCCCCCCCCCC. The van der Waals surface area contributed by atoms with Gasteiger partial charge in [-0.1, -0.05) is 322 Å². The standard InChI is InChI=1S/C80H152N2O21/c1-4-6-8-10-12-14-16-18-20-22-24-25-26-27-28-29-30-31-32-33-34-35-36-38-40-42-44-46-48-50-52-54-67(90)82-61(62(87)53-51-49-47-45-43-41-39-37-23-21-19-17-15-13-11-9-7-5-2)59-98-77-72(94)71(93)74(66(58-85)100-77)101-78-73(95)76(70(92)65(57-84)99-78)103-80(79(96)97)55-63(88)68(81-60(3)86)75(102-80)69(91)64(89)56-83/h61-66,68-78,83-85,87-89,91-95H,4-59H2,1-3H3,(H,81,86)(H,82,90)(H,96,97). The van der Waals surface area contributed by atoms with Crippen LogP contribution in [-0.4, -0.2) is 215 Å². The molecule has 23 nitrogen and oxygen atoms in total. The van der Waals surface area contributed by atoms with Crippen LogP contribution in [0, 0.1) is 0 Å². The lowest BCUT2D eigenvalue weighted by Crippen LogP contribution is -2.70. The lowest BCUT2D eigenvalue weighted by atomic mass is 9.88. The highest BCUT2D eigenvalue weighted by Gasteiger charge is 2.60. The second-order valence-corrected chi connectivity index (χ2v) is 30.7. The van der Waals surface area contributed by atoms with Crippen molar-refractivity contribution in [1.82, 2.24) is 10.6 Å². The predicted molar refractivity (Wildman–Crippen MR) is 399 cm³/mol. The molecule has 23 heteroatoms. The van der Waals surface area contributed by atoms with Gasteiger partial charge in [0.2, 0.25) is 11.8 Å². The van der Waals surface area contributed by atoms with Crippen molar-refractivity contribution in [3.63, 3.8) is 0 Å². The zero-order valence-electron chi connectivity index (χ0n) is 64.5. The number of carboxylic acids is 1. The average Bonchev–Trinajstić information content (AvgIpc) is 0.755. The van der Waals surface area contributed by atoms with Gasteiger partial charge in [-0.2, -0.15) is 0 Å². The third-order valence-corrected chi connectivity index (χ3v) is 21.6. The highest BCUT2D eigenvalue weighted by Crippen LogP contribution is 2.39. The molecule has 0 saturated carbocycles. The Morgan fingerprint density at radius 3 is 1.21 bits per heavy atom. The maximum Gasteiger partial charge on any atom is 0.364 e. The summed E-state index contributed by atoms with van der Waals surface area (Å²) in [4.78, 5) is 38.7. The van der Waals surface area contributed by atoms with E-state index in [0.29, 0.717) is 19.3 Å². The maximum atomic E-state index is 13.6. The molecule has 0 aromatic rings. The van der Waals surface area contributed by atoms with E-state index in [1.165, 1.54) is 257 Å². The molecule has 0 aromatic heterocycles. The number of aliphatic hydroxyl groups is 11. The Kier molecular flexibility index (Phi) is 54.9. The number of nitrogens with one attached hydrogen (secondary N) is 2. The van der Waals surface area contributed by atoms with Crippen molar-refractivity contribution < 1.29 is 104 Å². The van der Waals surface area contributed by atoms with E-state index in [4.69, 9.17) is 28.4 Å². The van der Waals surface area contributed by atoms with Crippen molar-refractivity contribution in [2.24, 2.45) is 0 Å². The van der Waals surface area contributed by atoms with E-state index >= 15 is 0 Å². The normalized spacial score (nSPS) is 26.4. The molecule has 3 fully saturated rings. The van der Waals surface area contributed by atoms with Crippen LogP contribution in [0.3, 0.4) is 0 Å². The van der Waals surface area contributed by atoms with Crippen LogP contribution in [0.4, 0.5) is 0 Å². The molecular formula is C80H152N2O21. The van der Waals surface area contributed by atoms with E-state index in [1.807, 2.05) is 0 Å². The van der Waals surface area contributed by atoms with Gasteiger partial charge in [0.05, 0.1) is 50.7 Å². The van der Waals surface area contributed by atoms with Crippen molar-refractivity contribution in [2.75, 3.05) is 26.4 Å². The number of ether oxygens (including phenoxy) is 6. The number of hydrogen-bond acceptors (Lipinski definition) is 20. The summed E-state index contributed by atoms with van der Waals surface area (Å²) in [6.45, 7) is 2.27. The van der Waals surface area contributed by atoms with Crippen LogP contribution in [-0.2, 0) is 42.8 Å². The zero-order chi connectivity index (χ0) is 75.3. The molecule has 14 N–H and O–H groups in total. The van der Waals surface area contributed by atoms with Gasteiger partial charge in [-0.15, -0.1) is 0 Å². The molecular weight excluding hydrogens is 1320 g/mol. The van der Waals surface area contributed by atoms with Crippen LogP contribution in [0.1, 0.15) is 355 Å². The first-order chi connectivity index (χ1) is 49.9. The molecule has 3 aliphatic heterocycles. The van der Waals surface area contributed by atoms with Gasteiger partial charge in [-0.05, 0) is 12.8 Å². The maximum absolute atomic E-state index is 13.6. The summed E-state index contributed by atoms with van der Waals surface area (Å²) in [6.07, 6.45) is 33.9. The van der Waals surface area contributed by atoms with Crippen molar-refractivity contribution >= 4 is 17.8 Å². The Morgan fingerprint density at radius 2 is 0.845 bits per heavy atom. The number of rotatable bonds is 67. The second-order valence-electron chi connectivity index (χ2n) is 30.7. The van der Waals surface area contributed by atoms with E-state index < -0.39 is 148 Å². The number of carboxylic acid groups (broad SMARTS) is 1. The lowest BCUT2D eigenvalue weighted by Gasteiger charge is -2.50. The van der Waals surface area contributed by atoms with Crippen molar-refractivity contribution in [2.45, 2.75) is 464 Å². The summed E-state index contributed by atoms with van der Waals surface area (Å²) in [5.74, 6) is -6.09. The molecule has 0 bridgehead atoms. The monoisotopic (exact) mass is 1480 g/mol. The molecule has 0 aromatic carbocycles. The van der Waals surface area contributed by atoms with E-state index in [0.717, 1.165) is 51.9 Å². The second kappa shape index (κ2) is 59.6. The van der Waals surface area contributed by atoms with Gasteiger partial charge < -0.3 is 100 Å². The van der Waals surface area contributed by atoms with Gasteiger partial charge in [0, 0.05) is 19.8 Å². The topological polar surface area (TPSA) is 373 Å². The number of hydrogen-bond donors (Lipinski definition) is 14. The Morgan fingerprint density at radius 1 is 0.466 bits per heavy atom. The molecule has 2 amide bonds. The third kappa shape index (κ3) is 39.8. The fourth-order valence-electron chi connectivity index (χ4n) is 15.0. The number of carbonyl (C=O) groups is 3. The molecule has 103 heavy (non-hydrogen) atoms. The summed E-state index contributed by atoms with van der Waals surface area (Å²) in [5, 5.41) is 137. The Bertz CT molecular complexity index is 2050. The average molecular weight is 1480 g/mol. The van der Waals surface area contributed by atoms with E-state index in [9.17, 15) is 75.7 Å². The van der Waals surface area contributed by atoms with Crippen LogP contribution in [0.25, 0.3) is 0 Å². The molecule has 0 spiro atoms. The molecule has 608 valence electrons. The smallest absolute Gasteiger partial charge is 0.364 e. The molecule has 3 heterocycles. The zero-order valence-corrected chi connectivity index (χ0v) is 64.5. The summed E-state index contributed by atoms with van der Waals surface area (Å²) in [5.41, 5.74) is 0. The summed E-state index contributed by atoms with van der Waals surface area (Å²) in [7, 11) is 0.